The summed E-state index contributed by atoms with van der Waals surface area (Å²) in [6, 6.07) is 4.69. The highest BCUT2D eigenvalue weighted by atomic mass is 79.9. The maximum atomic E-state index is 11.9. The topological polar surface area (TPSA) is 43.1 Å². The van der Waals surface area contributed by atoms with Gasteiger partial charge >= 0.3 is 5.51 Å². The van der Waals surface area contributed by atoms with E-state index >= 15 is 0 Å². The van der Waals surface area contributed by atoms with Gasteiger partial charge in [-0.15, -0.1) is 0 Å². The molecule has 0 aromatic heterocycles. The zero-order chi connectivity index (χ0) is 13.1. The van der Waals surface area contributed by atoms with E-state index in [4.69, 9.17) is 5.73 Å². The molecule has 0 saturated carbocycles. The minimum absolute atomic E-state index is 0.0489. The van der Waals surface area contributed by atoms with Gasteiger partial charge in [-0.1, -0.05) is 11.8 Å². The molecule has 0 aliphatic rings. The molecule has 2 N–H and O–H groups in total. The average Bonchev–Trinajstić information content (AvgIpc) is 2.15. The lowest BCUT2D eigenvalue weighted by Crippen LogP contribution is -2.07. The molecule has 1 aromatic carbocycles. The van der Waals surface area contributed by atoms with E-state index in [1.165, 1.54) is 0 Å². The number of halogens is 4. The van der Waals surface area contributed by atoms with Gasteiger partial charge in [0.2, 0.25) is 0 Å². The van der Waals surface area contributed by atoms with Crippen molar-refractivity contribution in [1.29, 1.82) is 0 Å². The Morgan fingerprint density at radius 2 is 2.06 bits per heavy atom. The number of alkyl halides is 3. The Hall–Kier alpha value is -0.210. The average molecular weight is 348 g/mol. The fraction of sp³-hybridized carbons (Fsp3) is 0.333. The molecule has 0 fully saturated rings. The number of hydrogen-bond acceptors (Lipinski definition) is 3. The Labute approximate surface area is 112 Å². The van der Waals surface area contributed by atoms with Crippen molar-refractivity contribution in [3.63, 3.8) is 0 Å². The summed E-state index contributed by atoms with van der Waals surface area (Å²) in [5, 5.41) is 0. The lowest BCUT2D eigenvalue weighted by atomic mass is 10.3. The highest BCUT2D eigenvalue weighted by molar-refractivity contribution is 9.10. The third-order valence-corrected chi connectivity index (χ3v) is 5.07. The van der Waals surface area contributed by atoms with Crippen LogP contribution >= 0.6 is 27.7 Å². The molecule has 0 saturated heterocycles. The number of hydrogen-bond donors (Lipinski definition) is 1. The van der Waals surface area contributed by atoms with Crippen LogP contribution in [0, 0.1) is 0 Å². The van der Waals surface area contributed by atoms with Crippen molar-refractivity contribution in [2.45, 2.75) is 10.4 Å². The fourth-order valence-corrected chi connectivity index (χ4v) is 3.87. The lowest BCUT2D eigenvalue weighted by molar-refractivity contribution is -0.0326. The van der Waals surface area contributed by atoms with Gasteiger partial charge in [0.15, 0.2) is 0 Å². The molecule has 0 aliphatic heterocycles. The molecule has 1 atom stereocenters. The van der Waals surface area contributed by atoms with Gasteiger partial charge in [0.1, 0.15) is 0 Å². The van der Waals surface area contributed by atoms with Crippen LogP contribution in [0.1, 0.15) is 0 Å². The summed E-state index contributed by atoms with van der Waals surface area (Å²) in [4.78, 5) is 0.460. The summed E-state index contributed by atoms with van der Waals surface area (Å²) < 4.78 is 47.9. The highest BCUT2D eigenvalue weighted by Crippen LogP contribution is 2.30. The molecule has 0 amide bonds. The summed E-state index contributed by atoms with van der Waals surface area (Å²) >= 11 is 3.01. The molecule has 1 rings (SSSR count). The van der Waals surface area contributed by atoms with Crippen molar-refractivity contribution in [3.8, 4) is 0 Å². The van der Waals surface area contributed by atoms with E-state index in [-0.39, 0.29) is 23.3 Å². The third-order valence-electron chi connectivity index (χ3n) is 1.74. The summed E-state index contributed by atoms with van der Waals surface area (Å²) in [6.45, 7) is 0. The van der Waals surface area contributed by atoms with E-state index in [1.807, 2.05) is 0 Å². The quantitative estimate of drug-likeness (QED) is 0.849. The van der Waals surface area contributed by atoms with Crippen molar-refractivity contribution < 1.29 is 17.4 Å². The van der Waals surface area contributed by atoms with Gasteiger partial charge in [-0.05, 0) is 34.1 Å². The Bertz CT molecular complexity index is 425. The smallest absolute Gasteiger partial charge is 0.399 e. The molecule has 0 heterocycles. The van der Waals surface area contributed by atoms with E-state index in [0.717, 1.165) is 0 Å². The Morgan fingerprint density at radius 3 is 2.59 bits per heavy atom. The van der Waals surface area contributed by atoms with Crippen LogP contribution < -0.4 is 5.73 Å². The molecule has 17 heavy (non-hydrogen) atoms. The molecular weight excluding hydrogens is 339 g/mol. The molecule has 0 radical (unpaired) electrons. The summed E-state index contributed by atoms with van der Waals surface area (Å²) in [7, 11) is -1.46. The first-order valence-corrected chi connectivity index (χ1v) is 7.53. The Kier molecular flexibility index (Phi) is 5.33. The number of nitrogen functional groups attached to an aromatic ring is 1. The second kappa shape index (κ2) is 6.10. The predicted octanol–water partition coefficient (Wildman–Crippen LogP) is 3.39. The molecule has 0 aliphatic carbocycles. The van der Waals surface area contributed by atoms with Crippen molar-refractivity contribution in [1.82, 2.24) is 0 Å². The second-order valence-corrected chi connectivity index (χ2v) is 6.59. The first-order chi connectivity index (χ1) is 7.79. The number of nitrogens with two attached hydrogens (primary N) is 1. The van der Waals surface area contributed by atoms with Crippen LogP contribution in [0.5, 0.6) is 0 Å². The van der Waals surface area contributed by atoms with Crippen LogP contribution in [0.4, 0.5) is 18.9 Å². The van der Waals surface area contributed by atoms with Gasteiger partial charge in [0.25, 0.3) is 0 Å². The van der Waals surface area contributed by atoms with Gasteiger partial charge in [0.05, 0.1) is 15.7 Å². The number of anilines is 1. The van der Waals surface area contributed by atoms with E-state index in [2.05, 4.69) is 15.9 Å². The molecule has 1 aromatic rings. The maximum Gasteiger partial charge on any atom is 0.441 e. The summed E-state index contributed by atoms with van der Waals surface area (Å²) in [5.41, 5.74) is 1.73. The van der Waals surface area contributed by atoms with E-state index in [0.29, 0.717) is 15.1 Å². The highest BCUT2D eigenvalue weighted by Gasteiger charge is 2.28. The molecule has 0 bridgehead atoms. The first kappa shape index (κ1) is 14.8. The molecule has 8 heteroatoms. The van der Waals surface area contributed by atoms with Crippen molar-refractivity contribution in [3.05, 3.63) is 22.7 Å². The molecule has 1 unspecified atom stereocenters. The third kappa shape index (κ3) is 5.31. The van der Waals surface area contributed by atoms with Gasteiger partial charge in [-0.2, -0.15) is 13.2 Å². The SMILES string of the molecule is Nc1ccc(S(=O)CCSC(F)(F)F)c(Br)c1. The van der Waals surface area contributed by atoms with E-state index in [1.54, 1.807) is 18.2 Å². The van der Waals surface area contributed by atoms with Crippen LogP contribution in [0.25, 0.3) is 0 Å². The second-order valence-electron chi connectivity index (χ2n) is 3.03. The minimum Gasteiger partial charge on any atom is -0.399 e. The Morgan fingerprint density at radius 1 is 1.41 bits per heavy atom. The van der Waals surface area contributed by atoms with Gasteiger partial charge in [0, 0.05) is 21.7 Å². The number of rotatable bonds is 4. The van der Waals surface area contributed by atoms with Crippen LogP contribution in [0.3, 0.4) is 0 Å². The van der Waals surface area contributed by atoms with Gasteiger partial charge in [-0.25, -0.2) is 0 Å². The van der Waals surface area contributed by atoms with Crippen molar-refractivity contribution in [2.24, 2.45) is 0 Å². The largest absolute Gasteiger partial charge is 0.441 e. The first-order valence-electron chi connectivity index (χ1n) is 4.43. The van der Waals surface area contributed by atoms with Crippen molar-refractivity contribution in [2.75, 3.05) is 17.2 Å². The number of thioether (sulfide) groups is 1. The fourth-order valence-electron chi connectivity index (χ4n) is 1.04. The van der Waals surface area contributed by atoms with Crippen LogP contribution in [-0.4, -0.2) is 21.2 Å². The standard InChI is InChI=1S/C9H9BrF3NOS2/c10-7-5-6(14)1-2-8(7)17(15)4-3-16-9(11,12)13/h1-2,5H,3-4,14H2. The maximum absolute atomic E-state index is 11.9. The molecule has 0 spiro atoms. The van der Waals surface area contributed by atoms with Crippen LogP contribution in [-0.2, 0) is 10.8 Å². The monoisotopic (exact) mass is 347 g/mol. The Balaban J connectivity index is 2.59. The normalized spacial score (nSPS) is 13.6. The zero-order valence-corrected chi connectivity index (χ0v) is 11.7. The number of benzene rings is 1. The summed E-state index contributed by atoms with van der Waals surface area (Å²) in [6.07, 6.45) is 0. The zero-order valence-electron chi connectivity index (χ0n) is 8.46. The molecule has 96 valence electrons. The minimum atomic E-state index is -4.28. The lowest BCUT2D eigenvalue weighted by Gasteiger charge is -2.07. The molecular formula is C9H9BrF3NOS2. The van der Waals surface area contributed by atoms with E-state index in [9.17, 15) is 17.4 Å². The molecule has 2 nitrogen and oxygen atoms in total. The van der Waals surface area contributed by atoms with Gasteiger partial charge in [-0.3, -0.25) is 4.21 Å². The van der Waals surface area contributed by atoms with Crippen molar-refractivity contribution >= 4 is 44.2 Å². The van der Waals surface area contributed by atoms with Gasteiger partial charge < -0.3 is 5.73 Å². The van der Waals surface area contributed by atoms with Crippen LogP contribution in [0.15, 0.2) is 27.6 Å². The van der Waals surface area contributed by atoms with E-state index < -0.39 is 16.3 Å². The predicted molar refractivity (Wildman–Crippen MR) is 68.3 cm³/mol. The van der Waals surface area contributed by atoms with Crippen LogP contribution in [0.2, 0.25) is 0 Å². The summed E-state index contributed by atoms with van der Waals surface area (Å²) in [5.74, 6) is -0.278.